The fourth-order valence-electron chi connectivity index (χ4n) is 8.57. The quantitative estimate of drug-likeness (QED) is 0.110. The first-order valence-corrected chi connectivity index (χ1v) is 27.3. The molecule has 0 unspecified atom stereocenters. The summed E-state index contributed by atoms with van der Waals surface area (Å²) in [5.74, 6) is -10.9. The molecule has 0 radical (unpaired) electrons. The number of likely N-dealkylation sites (tertiary alicyclic amines) is 1. The standard InChI is InChI=1S/C17H20F5NO2.C17H18F5NO2.C16H28BNO4.C7H2BrF5/c2*1-16(2,3)25-15(24)23-8-6-10(7-9-23)11-4-5-12(18)14(19)13(11)17(20,21)22;1-14(2,3)20-13(19)18-10-8-12(9-11-18)17-21-15(4,5)16(6,7)22-17;8-3-1-2-4(9)6(10)5(3)7(11,12)13/h4-5,10H,6-9H2,1-3H3;4-6H,7-9H2,1-3H3;8H,9-11H2,1-7H3;1-2H. The van der Waals surface area contributed by atoms with Crippen molar-refractivity contribution in [3.05, 3.63) is 121 Å². The number of halogens is 16. The smallest absolute Gasteiger partial charge is 0.444 e. The molecule has 0 atom stereocenters. The SMILES string of the molecule is CC(C)(C)OC(=O)N1CC=C(B2OC(C)(C)C(C)(C)O2)CC1.CC(C)(C)OC(=O)N1CC=C(c2ccc(F)c(F)c2C(F)(F)F)CC1.CC(C)(C)OC(=O)N1CCC(c2ccc(F)c(F)c2C(F)(F)F)CC1.Fc1ccc(Br)c(C(F)(F)F)c1F. The second-order valence-electron chi connectivity index (χ2n) is 24.0. The molecule has 0 aromatic heterocycles. The number of carbonyl (C=O) groups excluding carboxylic acids is 3. The Labute approximate surface area is 492 Å². The minimum Gasteiger partial charge on any atom is -0.444 e. The molecule has 7 rings (SSSR count). The molecule has 11 nitrogen and oxygen atoms in total. The maximum atomic E-state index is 13.7. The van der Waals surface area contributed by atoms with E-state index in [1.807, 2.05) is 54.5 Å². The van der Waals surface area contributed by atoms with Crippen LogP contribution in [-0.4, -0.2) is 107 Å². The Bertz CT molecular complexity index is 2920. The maximum Gasteiger partial charge on any atom is 0.490 e. The first-order chi connectivity index (χ1) is 38.5. The molecular weight excluding hydrogens is 1230 g/mol. The van der Waals surface area contributed by atoms with Gasteiger partial charge < -0.3 is 38.2 Å². The molecule has 85 heavy (non-hydrogen) atoms. The van der Waals surface area contributed by atoms with E-state index in [2.05, 4.69) is 15.9 Å². The molecule has 4 aliphatic heterocycles. The summed E-state index contributed by atoms with van der Waals surface area (Å²) < 4.78 is 221. The van der Waals surface area contributed by atoms with E-state index in [1.54, 1.807) is 46.4 Å². The summed E-state index contributed by atoms with van der Waals surface area (Å²) in [5, 5.41) is 0. The van der Waals surface area contributed by atoms with Gasteiger partial charge in [-0.3, -0.25) is 0 Å². The molecule has 0 bridgehead atoms. The number of rotatable bonds is 3. The first-order valence-electron chi connectivity index (χ1n) is 26.5. The van der Waals surface area contributed by atoms with Crippen molar-refractivity contribution in [2.75, 3.05) is 39.3 Å². The van der Waals surface area contributed by atoms with Crippen LogP contribution in [0, 0.1) is 34.9 Å². The summed E-state index contributed by atoms with van der Waals surface area (Å²) in [7, 11) is -0.314. The monoisotopic (exact) mass is 1300 g/mol. The van der Waals surface area contributed by atoms with E-state index in [-0.39, 0.29) is 81.0 Å². The van der Waals surface area contributed by atoms with Crippen molar-refractivity contribution in [2.24, 2.45) is 0 Å². The topological polar surface area (TPSA) is 107 Å². The Morgan fingerprint density at radius 1 is 0.518 bits per heavy atom. The van der Waals surface area contributed by atoms with E-state index < -0.39 is 115 Å². The van der Waals surface area contributed by atoms with E-state index in [0.717, 1.165) is 30.1 Å². The predicted molar refractivity (Wildman–Crippen MR) is 289 cm³/mol. The van der Waals surface area contributed by atoms with Gasteiger partial charge in [0.1, 0.15) is 27.9 Å². The summed E-state index contributed by atoms with van der Waals surface area (Å²) in [6.07, 6.45) is -11.6. The van der Waals surface area contributed by atoms with Crippen molar-refractivity contribution < 1.29 is 104 Å². The van der Waals surface area contributed by atoms with Crippen LogP contribution in [-0.2, 0) is 42.0 Å². The van der Waals surface area contributed by atoms with Gasteiger partial charge in [-0.25, -0.2) is 40.7 Å². The Morgan fingerprint density at radius 3 is 1.27 bits per heavy atom. The summed E-state index contributed by atoms with van der Waals surface area (Å²) in [5.41, 5.74) is -6.63. The molecule has 3 aromatic rings. The van der Waals surface area contributed by atoms with E-state index in [0.29, 0.717) is 31.3 Å². The molecular formula is C57H68BBrF15N3O8. The van der Waals surface area contributed by atoms with E-state index in [1.165, 1.54) is 15.9 Å². The van der Waals surface area contributed by atoms with Gasteiger partial charge >= 0.3 is 43.9 Å². The molecule has 2 saturated heterocycles. The van der Waals surface area contributed by atoms with Crippen LogP contribution in [0.15, 0.2) is 58.5 Å². The van der Waals surface area contributed by atoms with Crippen LogP contribution in [0.4, 0.5) is 80.2 Å². The molecule has 474 valence electrons. The van der Waals surface area contributed by atoms with Crippen LogP contribution < -0.4 is 0 Å². The zero-order chi connectivity index (χ0) is 65.0. The third kappa shape index (κ3) is 19.9. The number of carbonyl (C=O) groups is 3. The highest BCUT2D eigenvalue weighted by Crippen LogP contribution is 2.44. The lowest BCUT2D eigenvalue weighted by atomic mass is 9.75. The minimum atomic E-state index is -5.02. The second kappa shape index (κ2) is 27.2. The van der Waals surface area contributed by atoms with Gasteiger partial charge in [0.15, 0.2) is 34.9 Å². The fourth-order valence-corrected chi connectivity index (χ4v) is 9.10. The second-order valence-corrected chi connectivity index (χ2v) is 24.9. The number of hydrogen-bond donors (Lipinski definition) is 0. The van der Waals surface area contributed by atoms with Gasteiger partial charge in [0.2, 0.25) is 0 Å². The van der Waals surface area contributed by atoms with Gasteiger partial charge in [0.25, 0.3) is 0 Å². The number of benzene rings is 3. The number of hydrogen-bond acceptors (Lipinski definition) is 8. The van der Waals surface area contributed by atoms with Gasteiger partial charge in [-0.2, -0.15) is 39.5 Å². The highest BCUT2D eigenvalue weighted by Gasteiger charge is 2.53. The van der Waals surface area contributed by atoms with Gasteiger partial charge in [0, 0.05) is 43.7 Å². The molecule has 0 spiro atoms. The van der Waals surface area contributed by atoms with Crippen LogP contribution in [0.1, 0.15) is 149 Å². The average molecular weight is 1300 g/mol. The molecule has 2 fully saturated rings. The lowest BCUT2D eigenvalue weighted by molar-refractivity contribution is -0.142. The van der Waals surface area contributed by atoms with Gasteiger partial charge in [-0.15, -0.1) is 0 Å². The Balaban J connectivity index is 0.000000249. The van der Waals surface area contributed by atoms with Gasteiger partial charge in [0.05, 0.1) is 16.8 Å². The van der Waals surface area contributed by atoms with Crippen LogP contribution in [0.2, 0.25) is 0 Å². The van der Waals surface area contributed by atoms with Crippen LogP contribution in [0.3, 0.4) is 0 Å². The van der Waals surface area contributed by atoms with Crippen molar-refractivity contribution in [3.8, 4) is 0 Å². The van der Waals surface area contributed by atoms with Crippen LogP contribution in [0.25, 0.3) is 5.57 Å². The third-order valence-electron chi connectivity index (χ3n) is 13.4. The molecule has 4 heterocycles. The van der Waals surface area contributed by atoms with Crippen molar-refractivity contribution >= 4 is 46.9 Å². The Hall–Kier alpha value is -5.64. The summed E-state index contributed by atoms with van der Waals surface area (Å²) >= 11 is 2.49. The van der Waals surface area contributed by atoms with Crippen molar-refractivity contribution in [2.45, 2.75) is 168 Å². The lowest BCUT2D eigenvalue weighted by Crippen LogP contribution is -2.41. The predicted octanol–water partition coefficient (Wildman–Crippen LogP) is 17.0. The molecule has 3 amide bonds. The number of alkyl halides is 9. The number of amides is 3. The molecule has 28 heteroatoms. The van der Waals surface area contributed by atoms with Crippen LogP contribution in [0.5, 0.6) is 0 Å². The summed E-state index contributed by atoms with van der Waals surface area (Å²) in [6.45, 7) is 25.8. The van der Waals surface area contributed by atoms with Gasteiger partial charge in [-0.1, -0.05) is 40.2 Å². The fraction of sp³-hybridized carbons (Fsp3) is 0.561. The summed E-state index contributed by atoms with van der Waals surface area (Å²) in [6, 6.07) is 4.70. The third-order valence-corrected chi connectivity index (χ3v) is 14.0. The van der Waals surface area contributed by atoms with E-state index in [9.17, 15) is 80.2 Å². The minimum absolute atomic E-state index is 0.0283. The Morgan fingerprint density at radius 2 is 0.894 bits per heavy atom. The van der Waals surface area contributed by atoms with Crippen LogP contribution >= 0.6 is 15.9 Å². The highest BCUT2D eigenvalue weighted by molar-refractivity contribution is 9.10. The molecule has 0 N–H and O–H groups in total. The normalized spacial score (nSPS) is 17.7. The van der Waals surface area contributed by atoms with Gasteiger partial charge in [-0.05, 0) is 168 Å². The molecule has 3 aromatic carbocycles. The van der Waals surface area contributed by atoms with E-state index in [4.69, 9.17) is 23.5 Å². The first kappa shape index (κ1) is 71.8. The molecule has 0 aliphatic carbocycles. The maximum absolute atomic E-state index is 13.7. The Kier molecular flexibility index (Phi) is 23.0. The average Bonchev–Trinajstić information content (AvgIpc) is 2.12. The van der Waals surface area contributed by atoms with Crippen molar-refractivity contribution in [1.82, 2.24) is 14.7 Å². The molecule has 4 aliphatic rings. The zero-order valence-electron chi connectivity index (χ0n) is 49.0. The largest absolute Gasteiger partial charge is 0.490 e. The lowest BCUT2D eigenvalue weighted by Gasteiger charge is -2.34. The summed E-state index contributed by atoms with van der Waals surface area (Å²) in [4.78, 5) is 40.5. The number of piperidine rings is 1. The van der Waals surface area contributed by atoms with Crippen molar-refractivity contribution in [1.29, 1.82) is 0 Å². The zero-order valence-corrected chi connectivity index (χ0v) is 50.6. The molecule has 0 saturated carbocycles. The highest BCUT2D eigenvalue weighted by atomic mass is 79.9. The van der Waals surface area contributed by atoms with Crippen molar-refractivity contribution in [3.63, 3.8) is 0 Å². The number of ether oxygens (including phenoxy) is 3. The number of nitrogens with zero attached hydrogens (tertiary/aromatic N) is 3. The van der Waals surface area contributed by atoms with E-state index >= 15 is 0 Å².